The van der Waals surface area contributed by atoms with E-state index < -0.39 is 11.4 Å². The second-order valence-electron chi connectivity index (χ2n) is 6.96. The summed E-state index contributed by atoms with van der Waals surface area (Å²) in [7, 11) is 0. The highest BCUT2D eigenvalue weighted by atomic mass is 79.9. The first-order chi connectivity index (χ1) is 13.9. The maximum Gasteiger partial charge on any atom is 0.257 e. The van der Waals surface area contributed by atoms with Crippen molar-refractivity contribution in [3.8, 4) is 11.6 Å². The van der Waals surface area contributed by atoms with Crippen molar-refractivity contribution in [2.75, 3.05) is 0 Å². The molecule has 1 N–H and O–H groups in total. The number of pyridine rings is 1. The molecule has 1 heterocycles. The lowest BCUT2D eigenvalue weighted by Crippen LogP contribution is -2.50. The van der Waals surface area contributed by atoms with Gasteiger partial charge in [0.1, 0.15) is 17.1 Å². The summed E-state index contributed by atoms with van der Waals surface area (Å²) in [6.45, 7) is 0. The molecule has 1 saturated carbocycles. The molecule has 0 aliphatic heterocycles. The van der Waals surface area contributed by atoms with Gasteiger partial charge in [0.25, 0.3) is 5.91 Å². The second kappa shape index (κ2) is 8.13. The molecule has 0 saturated heterocycles. The topological polar surface area (TPSA) is 51.2 Å². The average molecular weight is 476 g/mol. The fourth-order valence-electron chi connectivity index (χ4n) is 3.38. The van der Waals surface area contributed by atoms with Gasteiger partial charge < -0.3 is 10.1 Å². The smallest absolute Gasteiger partial charge is 0.257 e. The molecule has 1 aliphatic rings. The minimum Gasteiger partial charge on any atom is -0.438 e. The van der Waals surface area contributed by atoms with Crippen LogP contribution in [0.3, 0.4) is 0 Å². The van der Waals surface area contributed by atoms with E-state index in [-0.39, 0.29) is 23.1 Å². The lowest BCUT2D eigenvalue weighted by atomic mass is 9.71. The summed E-state index contributed by atoms with van der Waals surface area (Å²) >= 11 is 9.52. The van der Waals surface area contributed by atoms with Crippen LogP contribution in [0, 0.1) is 5.82 Å². The Hall–Kier alpha value is -2.44. The molecule has 2 aromatic carbocycles. The molecule has 0 bridgehead atoms. The zero-order chi connectivity index (χ0) is 20.4. The summed E-state index contributed by atoms with van der Waals surface area (Å²) in [5.41, 5.74) is 0.809. The van der Waals surface area contributed by atoms with Gasteiger partial charge in [-0.25, -0.2) is 9.37 Å². The number of benzene rings is 2. The zero-order valence-corrected chi connectivity index (χ0v) is 17.6. The maximum absolute atomic E-state index is 13.5. The molecule has 0 radical (unpaired) electrons. The number of carbonyl (C=O) groups excluding carboxylic acids is 1. The van der Waals surface area contributed by atoms with Gasteiger partial charge in [0.05, 0.1) is 10.6 Å². The Morgan fingerprint density at radius 2 is 1.93 bits per heavy atom. The summed E-state index contributed by atoms with van der Waals surface area (Å²) in [4.78, 5) is 17.3. The lowest BCUT2D eigenvalue weighted by Gasteiger charge is -2.43. The van der Waals surface area contributed by atoms with Crippen LogP contribution >= 0.6 is 27.5 Å². The molecule has 1 fully saturated rings. The van der Waals surface area contributed by atoms with E-state index in [2.05, 4.69) is 26.2 Å². The largest absolute Gasteiger partial charge is 0.438 e. The molecule has 3 aromatic rings. The molecule has 0 unspecified atom stereocenters. The SMILES string of the molecule is O=C(NC1(c2ccc(Br)cc2)CCC1)c1cc(Cl)cnc1Oc1cccc(F)c1. The van der Waals surface area contributed by atoms with E-state index in [1.54, 1.807) is 6.07 Å². The highest BCUT2D eigenvalue weighted by molar-refractivity contribution is 9.10. The minimum atomic E-state index is -0.439. The molecule has 29 heavy (non-hydrogen) atoms. The Morgan fingerprint density at radius 3 is 2.59 bits per heavy atom. The first-order valence-electron chi connectivity index (χ1n) is 9.13. The van der Waals surface area contributed by atoms with Gasteiger partial charge in [-0.05, 0) is 55.2 Å². The molecule has 4 nitrogen and oxygen atoms in total. The maximum atomic E-state index is 13.5. The summed E-state index contributed by atoms with van der Waals surface area (Å²) < 4.78 is 20.1. The quantitative estimate of drug-likeness (QED) is 0.475. The molecule has 1 aliphatic carbocycles. The van der Waals surface area contributed by atoms with Crippen molar-refractivity contribution in [1.82, 2.24) is 10.3 Å². The zero-order valence-electron chi connectivity index (χ0n) is 15.3. The number of aromatic nitrogens is 1. The minimum absolute atomic E-state index is 0.0720. The molecule has 4 rings (SSSR count). The van der Waals surface area contributed by atoms with Crippen LogP contribution in [0.15, 0.2) is 65.3 Å². The number of halogens is 3. The van der Waals surface area contributed by atoms with E-state index in [4.69, 9.17) is 16.3 Å². The third kappa shape index (κ3) is 4.28. The molecule has 0 atom stereocenters. The predicted octanol–water partition coefficient (Wildman–Crippen LogP) is 6.24. The first-order valence-corrected chi connectivity index (χ1v) is 10.3. The van der Waals surface area contributed by atoms with Crippen LogP contribution < -0.4 is 10.1 Å². The van der Waals surface area contributed by atoms with Crippen molar-refractivity contribution in [3.05, 3.63) is 87.2 Å². The van der Waals surface area contributed by atoms with Crippen LogP contribution in [0.2, 0.25) is 5.02 Å². The number of carbonyl (C=O) groups is 1. The second-order valence-corrected chi connectivity index (χ2v) is 8.31. The number of nitrogens with zero attached hydrogens (tertiary/aromatic N) is 1. The van der Waals surface area contributed by atoms with E-state index in [1.807, 2.05) is 24.3 Å². The Bertz CT molecular complexity index is 1050. The Morgan fingerprint density at radius 1 is 1.17 bits per heavy atom. The molecule has 7 heteroatoms. The Balaban J connectivity index is 1.62. The predicted molar refractivity (Wildman–Crippen MR) is 113 cm³/mol. The van der Waals surface area contributed by atoms with Crippen molar-refractivity contribution in [2.24, 2.45) is 0 Å². The number of nitrogens with one attached hydrogen (secondary N) is 1. The fraction of sp³-hybridized carbons (Fsp3) is 0.182. The Kier molecular flexibility index (Phi) is 5.56. The van der Waals surface area contributed by atoms with Crippen LogP contribution in [0.1, 0.15) is 35.2 Å². The van der Waals surface area contributed by atoms with Gasteiger partial charge in [-0.3, -0.25) is 4.79 Å². The van der Waals surface area contributed by atoms with Gasteiger partial charge in [-0.1, -0.05) is 45.7 Å². The number of ether oxygens (including phenoxy) is 1. The fourth-order valence-corrected chi connectivity index (χ4v) is 3.80. The van der Waals surface area contributed by atoms with Crippen molar-refractivity contribution in [3.63, 3.8) is 0 Å². The normalized spacial score (nSPS) is 14.7. The highest BCUT2D eigenvalue weighted by Gasteiger charge is 2.40. The van der Waals surface area contributed by atoms with Crippen molar-refractivity contribution >= 4 is 33.4 Å². The van der Waals surface area contributed by atoms with Gasteiger partial charge in [0.2, 0.25) is 5.88 Å². The molecule has 148 valence electrons. The number of hydrogen-bond donors (Lipinski definition) is 1. The van der Waals surface area contributed by atoms with Crippen LogP contribution in [-0.2, 0) is 5.54 Å². The highest BCUT2D eigenvalue weighted by Crippen LogP contribution is 2.42. The molecule has 1 amide bonds. The van der Waals surface area contributed by atoms with Gasteiger partial charge in [0.15, 0.2) is 0 Å². The van der Waals surface area contributed by atoms with Crippen molar-refractivity contribution < 1.29 is 13.9 Å². The number of hydrogen-bond acceptors (Lipinski definition) is 3. The van der Waals surface area contributed by atoms with E-state index in [1.165, 1.54) is 30.5 Å². The summed E-state index contributed by atoms with van der Waals surface area (Å²) in [5.74, 6) is -0.455. The Labute approximate surface area is 181 Å². The number of rotatable bonds is 5. The van der Waals surface area contributed by atoms with Gasteiger partial charge in [0, 0.05) is 16.7 Å². The lowest BCUT2D eigenvalue weighted by molar-refractivity contribution is 0.0820. The van der Waals surface area contributed by atoms with E-state index >= 15 is 0 Å². The van der Waals surface area contributed by atoms with Crippen molar-refractivity contribution in [2.45, 2.75) is 24.8 Å². The molecular formula is C22H17BrClFN2O2. The van der Waals surface area contributed by atoms with Crippen LogP contribution in [0.4, 0.5) is 4.39 Å². The van der Waals surface area contributed by atoms with E-state index in [0.29, 0.717) is 5.02 Å². The summed E-state index contributed by atoms with van der Waals surface area (Å²) in [5, 5.41) is 3.45. The first kappa shape index (κ1) is 19.9. The van der Waals surface area contributed by atoms with Gasteiger partial charge in [-0.15, -0.1) is 0 Å². The van der Waals surface area contributed by atoms with Gasteiger partial charge in [-0.2, -0.15) is 0 Å². The average Bonchev–Trinajstić information content (AvgIpc) is 2.67. The van der Waals surface area contributed by atoms with E-state index in [9.17, 15) is 9.18 Å². The third-order valence-corrected chi connectivity index (χ3v) is 5.77. The van der Waals surface area contributed by atoms with Gasteiger partial charge >= 0.3 is 0 Å². The van der Waals surface area contributed by atoms with Crippen LogP contribution in [0.25, 0.3) is 0 Å². The summed E-state index contributed by atoms with van der Waals surface area (Å²) in [6, 6.07) is 15.1. The standard InChI is InChI=1S/C22H17BrClFN2O2/c23-15-7-5-14(6-8-15)22(9-2-10-22)27-20(28)19-11-16(24)13-26-21(19)29-18-4-1-3-17(25)12-18/h1,3-8,11-13H,2,9-10H2,(H,27,28). The van der Waals surface area contributed by atoms with Crippen LogP contribution in [-0.4, -0.2) is 10.9 Å². The summed E-state index contributed by atoms with van der Waals surface area (Å²) in [6.07, 6.45) is 4.10. The van der Waals surface area contributed by atoms with Crippen LogP contribution in [0.5, 0.6) is 11.6 Å². The molecule has 0 spiro atoms. The number of amides is 1. The van der Waals surface area contributed by atoms with Crippen molar-refractivity contribution in [1.29, 1.82) is 0 Å². The van der Waals surface area contributed by atoms with E-state index in [0.717, 1.165) is 29.3 Å². The molecule has 1 aromatic heterocycles. The molecular weight excluding hydrogens is 459 g/mol. The third-order valence-electron chi connectivity index (χ3n) is 5.03. The monoisotopic (exact) mass is 474 g/mol.